The van der Waals surface area contributed by atoms with Gasteiger partial charge in [-0.2, -0.15) is 0 Å². The molecule has 0 unspecified atom stereocenters. The zero-order chi connectivity index (χ0) is 17.2. The van der Waals surface area contributed by atoms with Crippen LogP contribution in [0.15, 0.2) is 48.5 Å². The maximum atomic E-state index is 12.8. The van der Waals surface area contributed by atoms with Crippen LogP contribution in [0.3, 0.4) is 0 Å². The number of aromatic nitrogens is 1. The first-order valence-electron chi connectivity index (χ1n) is 7.94. The minimum Gasteiger partial charge on any atom is -0.486 e. The van der Waals surface area contributed by atoms with Crippen LogP contribution in [-0.2, 0) is 0 Å². The number of aryl methyl sites for hydroxylation is 1. The van der Waals surface area contributed by atoms with E-state index in [9.17, 15) is 4.79 Å². The number of nitrogens with one attached hydrogen (secondary N) is 1. The van der Waals surface area contributed by atoms with Crippen molar-refractivity contribution in [2.45, 2.75) is 6.92 Å². The van der Waals surface area contributed by atoms with Gasteiger partial charge in [-0.15, -0.1) is 11.3 Å². The fraction of sp³-hybridized carbons (Fsp3) is 0.158. The van der Waals surface area contributed by atoms with Crippen LogP contribution < -0.4 is 14.8 Å². The molecule has 4 rings (SSSR count). The third-order valence-electron chi connectivity index (χ3n) is 3.79. The summed E-state index contributed by atoms with van der Waals surface area (Å²) >= 11 is 1.51. The molecule has 1 N–H and O–H groups in total. The number of fused-ring (bicyclic) bond motifs is 1. The van der Waals surface area contributed by atoms with Crippen molar-refractivity contribution >= 4 is 22.9 Å². The van der Waals surface area contributed by atoms with Gasteiger partial charge in [0.2, 0.25) is 0 Å². The van der Waals surface area contributed by atoms with Crippen LogP contribution in [0.2, 0.25) is 0 Å². The Bertz CT molecular complexity index is 922. The topological polar surface area (TPSA) is 60.5 Å². The molecular weight excluding hydrogens is 336 g/mol. The van der Waals surface area contributed by atoms with Gasteiger partial charge in [0.25, 0.3) is 5.91 Å². The van der Waals surface area contributed by atoms with Gasteiger partial charge in [-0.1, -0.05) is 30.3 Å². The molecule has 1 aliphatic heterocycles. The molecule has 126 valence electrons. The van der Waals surface area contributed by atoms with E-state index in [1.807, 2.05) is 37.3 Å². The van der Waals surface area contributed by atoms with E-state index in [0.717, 1.165) is 15.4 Å². The number of carbonyl (C=O) groups is 1. The minimum absolute atomic E-state index is 0.236. The smallest absolute Gasteiger partial charge is 0.275 e. The van der Waals surface area contributed by atoms with E-state index in [2.05, 4.69) is 10.3 Å². The molecule has 0 bridgehead atoms. The Morgan fingerprint density at radius 3 is 2.64 bits per heavy atom. The summed E-state index contributed by atoms with van der Waals surface area (Å²) in [6, 6.07) is 15.2. The lowest BCUT2D eigenvalue weighted by molar-refractivity contribution is 0.102. The van der Waals surface area contributed by atoms with Crippen molar-refractivity contribution in [1.82, 2.24) is 4.98 Å². The number of nitrogens with zero attached hydrogens (tertiary/aromatic N) is 1. The lowest BCUT2D eigenvalue weighted by Gasteiger charge is -2.18. The molecule has 1 aromatic heterocycles. The average Bonchev–Trinajstić information content (AvgIpc) is 3.04. The number of ether oxygens (including phenoxy) is 2. The molecule has 2 heterocycles. The van der Waals surface area contributed by atoms with Gasteiger partial charge in [0.1, 0.15) is 18.9 Å². The van der Waals surface area contributed by atoms with Gasteiger partial charge in [-0.3, -0.25) is 4.79 Å². The maximum absolute atomic E-state index is 12.8. The fourth-order valence-corrected chi connectivity index (χ4v) is 3.60. The number of anilines is 1. The Kier molecular flexibility index (Phi) is 4.11. The van der Waals surface area contributed by atoms with Crippen LogP contribution in [0.5, 0.6) is 11.5 Å². The Morgan fingerprint density at radius 2 is 1.84 bits per heavy atom. The van der Waals surface area contributed by atoms with Crippen molar-refractivity contribution in [3.8, 4) is 21.9 Å². The molecule has 2 aromatic carbocycles. The highest BCUT2D eigenvalue weighted by Gasteiger charge is 2.19. The van der Waals surface area contributed by atoms with Crippen LogP contribution in [-0.4, -0.2) is 24.1 Å². The van der Waals surface area contributed by atoms with Crippen molar-refractivity contribution in [2.24, 2.45) is 0 Å². The Hall–Kier alpha value is -2.86. The van der Waals surface area contributed by atoms with E-state index in [0.29, 0.717) is 36.1 Å². The van der Waals surface area contributed by atoms with E-state index in [-0.39, 0.29) is 5.91 Å². The van der Waals surface area contributed by atoms with Crippen molar-refractivity contribution in [3.63, 3.8) is 0 Å². The summed E-state index contributed by atoms with van der Waals surface area (Å²) in [5.74, 6) is 1.10. The minimum atomic E-state index is -0.236. The van der Waals surface area contributed by atoms with E-state index in [1.54, 1.807) is 18.2 Å². The SMILES string of the molecule is Cc1nc(C(=O)Nc2ccc3c(c2)OCCO3)c(-c2ccccc2)s1. The van der Waals surface area contributed by atoms with Gasteiger partial charge < -0.3 is 14.8 Å². The normalized spacial score (nSPS) is 12.7. The van der Waals surface area contributed by atoms with E-state index >= 15 is 0 Å². The van der Waals surface area contributed by atoms with Gasteiger partial charge in [-0.05, 0) is 24.6 Å². The molecule has 6 heteroatoms. The van der Waals surface area contributed by atoms with Crippen molar-refractivity contribution < 1.29 is 14.3 Å². The third-order valence-corrected chi connectivity index (χ3v) is 4.81. The van der Waals surface area contributed by atoms with Crippen LogP contribution in [0.4, 0.5) is 5.69 Å². The summed E-state index contributed by atoms with van der Waals surface area (Å²) in [5, 5.41) is 3.75. The summed E-state index contributed by atoms with van der Waals surface area (Å²) in [6.45, 7) is 2.95. The van der Waals surface area contributed by atoms with Gasteiger partial charge in [0.05, 0.1) is 9.88 Å². The van der Waals surface area contributed by atoms with Crippen molar-refractivity contribution in [1.29, 1.82) is 0 Å². The molecule has 0 atom stereocenters. The molecule has 0 saturated heterocycles. The van der Waals surface area contributed by atoms with E-state index in [1.165, 1.54) is 11.3 Å². The van der Waals surface area contributed by atoms with Crippen LogP contribution in [0, 0.1) is 6.92 Å². The first-order chi connectivity index (χ1) is 12.2. The predicted octanol–water partition coefficient (Wildman–Crippen LogP) is 4.14. The van der Waals surface area contributed by atoms with Gasteiger partial charge in [0.15, 0.2) is 11.5 Å². The number of benzene rings is 2. The van der Waals surface area contributed by atoms with Gasteiger partial charge in [0, 0.05) is 11.8 Å². The highest BCUT2D eigenvalue weighted by Crippen LogP contribution is 2.34. The lowest BCUT2D eigenvalue weighted by Crippen LogP contribution is -2.17. The number of hydrogen-bond donors (Lipinski definition) is 1. The highest BCUT2D eigenvalue weighted by molar-refractivity contribution is 7.15. The summed E-state index contributed by atoms with van der Waals surface area (Å²) in [5.41, 5.74) is 2.07. The van der Waals surface area contributed by atoms with Crippen LogP contribution in [0.1, 0.15) is 15.5 Å². The monoisotopic (exact) mass is 352 g/mol. The molecule has 3 aromatic rings. The summed E-state index contributed by atoms with van der Waals surface area (Å²) in [7, 11) is 0. The molecule has 1 aliphatic rings. The molecule has 0 fully saturated rings. The molecule has 0 spiro atoms. The first-order valence-corrected chi connectivity index (χ1v) is 8.76. The number of amides is 1. The Balaban J connectivity index is 1.62. The third kappa shape index (κ3) is 3.21. The lowest BCUT2D eigenvalue weighted by atomic mass is 10.1. The van der Waals surface area contributed by atoms with Gasteiger partial charge in [-0.25, -0.2) is 4.98 Å². The maximum Gasteiger partial charge on any atom is 0.275 e. The summed E-state index contributed by atoms with van der Waals surface area (Å²) < 4.78 is 11.1. The van der Waals surface area contributed by atoms with Crippen molar-refractivity contribution in [3.05, 3.63) is 59.2 Å². The number of thiazole rings is 1. The zero-order valence-electron chi connectivity index (χ0n) is 13.6. The molecule has 0 aliphatic carbocycles. The molecule has 1 amide bonds. The van der Waals surface area contributed by atoms with Crippen LogP contribution >= 0.6 is 11.3 Å². The molecule has 0 radical (unpaired) electrons. The molecule has 5 nitrogen and oxygen atoms in total. The van der Waals surface area contributed by atoms with E-state index in [4.69, 9.17) is 9.47 Å². The second-order valence-corrected chi connectivity index (χ2v) is 6.79. The molecule has 0 saturated carbocycles. The van der Waals surface area contributed by atoms with Crippen LogP contribution in [0.25, 0.3) is 10.4 Å². The highest BCUT2D eigenvalue weighted by atomic mass is 32.1. The second-order valence-electron chi connectivity index (χ2n) is 5.59. The quantitative estimate of drug-likeness (QED) is 0.769. The number of rotatable bonds is 3. The summed E-state index contributed by atoms with van der Waals surface area (Å²) in [4.78, 5) is 18.0. The van der Waals surface area contributed by atoms with Crippen molar-refractivity contribution in [2.75, 3.05) is 18.5 Å². The first kappa shape index (κ1) is 15.7. The standard InChI is InChI=1S/C19H16N2O3S/c1-12-20-17(18(25-12)13-5-3-2-4-6-13)19(22)21-14-7-8-15-16(11-14)24-10-9-23-15/h2-8,11H,9-10H2,1H3,(H,21,22). The van der Waals surface area contributed by atoms with Gasteiger partial charge >= 0.3 is 0 Å². The molecular formula is C19H16N2O3S. The number of carbonyl (C=O) groups excluding carboxylic acids is 1. The number of hydrogen-bond acceptors (Lipinski definition) is 5. The zero-order valence-corrected chi connectivity index (χ0v) is 14.4. The average molecular weight is 352 g/mol. The Morgan fingerprint density at radius 1 is 1.08 bits per heavy atom. The second kappa shape index (κ2) is 6.57. The fourth-order valence-electron chi connectivity index (χ4n) is 2.68. The Labute approximate surface area is 149 Å². The van der Waals surface area contributed by atoms with E-state index < -0.39 is 0 Å². The molecule has 25 heavy (non-hydrogen) atoms. The predicted molar refractivity (Wildman–Crippen MR) is 97.7 cm³/mol. The largest absolute Gasteiger partial charge is 0.486 e. The summed E-state index contributed by atoms with van der Waals surface area (Å²) in [6.07, 6.45) is 0.